The normalized spacial score (nSPS) is 17.1. The molecule has 0 radical (unpaired) electrons. The second-order valence-electron chi connectivity index (χ2n) is 7.21. The Kier molecular flexibility index (Phi) is 3.40. The van der Waals surface area contributed by atoms with Crippen LogP contribution in [0.5, 0.6) is 0 Å². The molecular weight excluding hydrogens is 264 g/mol. The van der Waals surface area contributed by atoms with Gasteiger partial charge in [0, 0.05) is 31.0 Å². The van der Waals surface area contributed by atoms with Crippen LogP contribution in [0.1, 0.15) is 45.7 Å². The number of hydrogen-bond donors (Lipinski definition) is 2. The molecule has 0 amide bonds. The average Bonchev–Trinajstić information content (AvgIpc) is 3.02. The molecule has 5 heteroatoms. The van der Waals surface area contributed by atoms with Crippen molar-refractivity contribution in [1.29, 1.82) is 0 Å². The molecule has 0 atom stereocenters. The van der Waals surface area contributed by atoms with Crippen LogP contribution in [-0.4, -0.2) is 32.9 Å². The minimum absolute atomic E-state index is 0.0257. The number of anilines is 1. The Hall–Kier alpha value is -1.62. The molecule has 2 heterocycles. The van der Waals surface area contributed by atoms with Gasteiger partial charge in [-0.25, -0.2) is 9.50 Å². The molecule has 1 aliphatic carbocycles. The molecule has 2 N–H and O–H groups in total. The zero-order valence-electron chi connectivity index (χ0n) is 13.1. The highest BCUT2D eigenvalue weighted by molar-refractivity contribution is 5.68. The lowest BCUT2D eigenvalue weighted by atomic mass is 9.92. The van der Waals surface area contributed by atoms with Gasteiger partial charge in [-0.05, 0) is 30.7 Å². The number of aliphatic hydroxyl groups is 1. The number of nitrogens with one attached hydrogen (secondary N) is 1. The van der Waals surface area contributed by atoms with Gasteiger partial charge in [-0.2, -0.15) is 5.10 Å². The van der Waals surface area contributed by atoms with Crippen molar-refractivity contribution < 1.29 is 5.11 Å². The minimum atomic E-state index is 0.0257. The van der Waals surface area contributed by atoms with Gasteiger partial charge in [0.25, 0.3) is 0 Å². The van der Waals surface area contributed by atoms with E-state index in [1.165, 1.54) is 12.8 Å². The van der Waals surface area contributed by atoms with Crippen LogP contribution >= 0.6 is 0 Å². The van der Waals surface area contributed by atoms with Gasteiger partial charge in [0.15, 0.2) is 5.82 Å². The second-order valence-corrected chi connectivity index (χ2v) is 7.21. The van der Waals surface area contributed by atoms with E-state index >= 15 is 0 Å². The number of nitrogens with zero attached hydrogens (tertiary/aromatic N) is 3. The zero-order valence-corrected chi connectivity index (χ0v) is 13.1. The smallest absolute Gasteiger partial charge is 0.152 e. The molecule has 5 nitrogen and oxygen atoms in total. The molecular formula is C16H24N4O. The van der Waals surface area contributed by atoms with E-state index in [1.54, 1.807) is 6.20 Å². The van der Waals surface area contributed by atoms with E-state index in [1.807, 2.05) is 10.7 Å². The van der Waals surface area contributed by atoms with E-state index in [-0.39, 0.29) is 17.4 Å². The van der Waals surface area contributed by atoms with Crippen LogP contribution < -0.4 is 5.32 Å². The van der Waals surface area contributed by atoms with Gasteiger partial charge >= 0.3 is 0 Å². The van der Waals surface area contributed by atoms with Gasteiger partial charge in [-0.3, -0.25) is 0 Å². The van der Waals surface area contributed by atoms with Crippen molar-refractivity contribution in [2.24, 2.45) is 5.41 Å². The molecule has 0 aromatic carbocycles. The molecule has 0 saturated heterocycles. The lowest BCUT2D eigenvalue weighted by Gasteiger charge is -2.15. The molecule has 0 bridgehead atoms. The first-order valence-electron chi connectivity index (χ1n) is 7.63. The number of hydrogen-bond acceptors (Lipinski definition) is 4. The van der Waals surface area contributed by atoms with E-state index in [0.717, 1.165) is 30.0 Å². The third kappa shape index (κ3) is 2.88. The third-order valence-corrected chi connectivity index (χ3v) is 4.39. The summed E-state index contributed by atoms with van der Waals surface area (Å²) in [5.74, 6) is 0.879. The third-order valence-electron chi connectivity index (χ3n) is 4.39. The summed E-state index contributed by atoms with van der Waals surface area (Å²) in [4.78, 5) is 4.46. The molecule has 1 aliphatic rings. The van der Waals surface area contributed by atoms with Crippen LogP contribution in [0.15, 0.2) is 18.5 Å². The lowest BCUT2D eigenvalue weighted by Crippen LogP contribution is -2.17. The van der Waals surface area contributed by atoms with E-state index < -0.39 is 0 Å². The monoisotopic (exact) mass is 288 g/mol. The maximum absolute atomic E-state index is 9.15. The zero-order chi connectivity index (χ0) is 15.1. The van der Waals surface area contributed by atoms with E-state index in [9.17, 15) is 0 Å². The average molecular weight is 288 g/mol. The highest BCUT2D eigenvalue weighted by atomic mass is 16.3. The Labute approximate surface area is 125 Å². The van der Waals surface area contributed by atoms with Crippen molar-refractivity contribution >= 4 is 11.3 Å². The predicted octanol–water partition coefficient (Wildman–Crippen LogP) is 2.60. The van der Waals surface area contributed by atoms with Crippen LogP contribution in [0.25, 0.3) is 5.52 Å². The number of aliphatic hydroxyl groups excluding tert-OH is 1. The molecule has 1 fully saturated rings. The Morgan fingerprint density at radius 2 is 2.14 bits per heavy atom. The van der Waals surface area contributed by atoms with Crippen LogP contribution in [0, 0.1) is 5.41 Å². The molecule has 21 heavy (non-hydrogen) atoms. The first-order valence-corrected chi connectivity index (χ1v) is 7.63. The summed E-state index contributed by atoms with van der Waals surface area (Å²) in [6.07, 6.45) is 6.92. The maximum atomic E-state index is 9.15. The Morgan fingerprint density at radius 1 is 1.38 bits per heavy atom. The van der Waals surface area contributed by atoms with E-state index in [2.05, 4.69) is 42.2 Å². The summed E-state index contributed by atoms with van der Waals surface area (Å²) in [7, 11) is 0. The van der Waals surface area contributed by atoms with Gasteiger partial charge < -0.3 is 10.4 Å². The van der Waals surface area contributed by atoms with Gasteiger partial charge in [0.2, 0.25) is 0 Å². The largest absolute Gasteiger partial charge is 0.396 e. The summed E-state index contributed by atoms with van der Waals surface area (Å²) in [6, 6.07) is 2.11. The molecule has 3 rings (SSSR count). The van der Waals surface area contributed by atoms with Crippen molar-refractivity contribution in [2.75, 3.05) is 18.5 Å². The van der Waals surface area contributed by atoms with Crippen molar-refractivity contribution in [1.82, 2.24) is 14.6 Å². The van der Waals surface area contributed by atoms with Crippen molar-refractivity contribution in [3.63, 3.8) is 0 Å². The van der Waals surface area contributed by atoms with E-state index in [0.29, 0.717) is 0 Å². The fraction of sp³-hybridized carbons (Fsp3) is 0.625. The minimum Gasteiger partial charge on any atom is -0.396 e. The maximum Gasteiger partial charge on any atom is 0.152 e. The second kappa shape index (κ2) is 4.98. The summed E-state index contributed by atoms with van der Waals surface area (Å²) in [6.45, 7) is 7.62. The van der Waals surface area contributed by atoms with E-state index in [4.69, 9.17) is 5.11 Å². The van der Waals surface area contributed by atoms with Gasteiger partial charge in [0.05, 0.1) is 5.69 Å². The lowest BCUT2D eigenvalue weighted by molar-refractivity contribution is 0.253. The number of aromatic nitrogens is 3. The Bertz CT molecular complexity index is 637. The van der Waals surface area contributed by atoms with Crippen molar-refractivity contribution in [3.8, 4) is 0 Å². The summed E-state index contributed by atoms with van der Waals surface area (Å²) in [5.41, 5.74) is 2.38. The van der Waals surface area contributed by atoms with Crippen molar-refractivity contribution in [2.45, 2.75) is 45.4 Å². The quantitative estimate of drug-likeness (QED) is 0.887. The number of fused-ring (bicyclic) bond motifs is 1. The molecule has 2 aromatic rings. The van der Waals surface area contributed by atoms with Gasteiger partial charge in [-0.1, -0.05) is 20.8 Å². The van der Waals surface area contributed by atoms with Gasteiger partial charge in [0.1, 0.15) is 5.52 Å². The summed E-state index contributed by atoms with van der Waals surface area (Å²) >= 11 is 0. The standard InChI is InChI=1S/C16H24N4O/c1-15(2,3)13-10-12-14(17-7-8-20(12)19-13)18-11-16(4-5-16)6-9-21/h7-8,10,21H,4-6,9,11H2,1-3H3,(H,17,18). The summed E-state index contributed by atoms with van der Waals surface area (Å²) in [5, 5.41) is 17.2. The topological polar surface area (TPSA) is 62.5 Å². The number of rotatable bonds is 5. The highest BCUT2D eigenvalue weighted by Crippen LogP contribution is 2.48. The van der Waals surface area contributed by atoms with Gasteiger partial charge in [-0.15, -0.1) is 0 Å². The van der Waals surface area contributed by atoms with Crippen molar-refractivity contribution in [3.05, 3.63) is 24.2 Å². The predicted molar refractivity (Wildman–Crippen MR) is 83.5 cm³/mol. The summed E-state index contributed by atoms with van der Waals surface area (Å²) < 4.78 is 1.89. The fourth-order valence-electron chi connectivity index (χ4n) is 2.63. The Morgan fingerprint density at radius 3 is 2.76 bits per heavy atom. The Balaban J connectivity index is 1.84. The first kappa shape index (κ1) is 14.3. The molecule has 114 valence electrons. The first-order chi connectivity index (χ1) is 9.93. The highest BCUT2D eigenvalue weighted by Gasteiger charge is 2.41. The fourth-order valence-corrected chi connectivity index (χ4v) is 2.63. The molecule has 0 unspecified atom stereocenters. The molecule has 1 saturated carbocycles. The van der Waals surface area contributed by atoms with Crippen LogP contribution in [0.3, 0.4) is 0 Å². The van der Waals surface area contributed by atoms with Crippen LogP contribution in [0.4, 0.5) is 5.82 Å². The van der Waals surface area contributed by atoms with Crippen LogP contribution in [0.2, 0.25) is 0 Å². The molecule has 0 spiro atoms. The molecule has 2 aromatic heterocycles. The van der Waals surface area contributed by atoms with Crippen LogP contribution in [-0.2, 0) is 5.41 Å². The SMILES string of the molecule is CC(C)(C)c1cc2c(NCC3(CCO)CC3)nccn2n1. The molecule has 0 aliphatic heterocycles.